The molecule has 1 rings (SSSR count). The SMILES string of the molecule is NC(=O)COCCNCc1ccc(Cl)c(F)c1. The fourth-order valence-corrected chi connectivity index (χ4v) is 1.32. The number of nitrogens with two attached hydrogens (primary N) is 1. The smallest absolute Gasteiger partial charge is 0.243 e. The van der Waals surface area contributed by atoms with Crippen LogP contribution in [0.2, 0.25) is 5.02 Å². The van der Waals surface area contributed by atoms with Gasteiger partial charge in [-0.2, -0.15) is 0 Å². The van der Waals surface area contributed by atoms with Gasteiger partial charge in [0.15, 0.2) is 0 Å². The zero-order valence-corrected chi connectivity index (χ0v) is 9.97. The van der Waals surface area contributed by atoms with Crippen molar-refractivity contribution in [3.63, 3.8) is 0 Å². The van der Waals surface area contributed by atoms with E-state index >= 15 is 0 Å². The molecule has 0 fully saturated rings. The first-order valence-corrected chi connectivity index (χ1v) is 5.48. The summed E-state index contributed by atoms with van der Waals surface area (Å²) in [6.07, 6.45) is 0. The van der Waals surface area contributed by atoms with Crippen LogP contribution in [0, 0.1) is 5.82 Å². The van der Waals surface area contributed by atoms with E-state index in [0.717, 1.165) is 5.56 Å². The Labute approximate surface area is 104 Å². The Morgan fingerprint density at radius 1 is 1.53 bits per heavy atom. The number of benzene rings is 1. The van der Waals surface area contributed by atoms with Gasteiger partial charge in [-0.15, -0.1) is 0 Å². The highest BCUT2D eigenvalue weighted by Gasteiger charge is 2.00. The van der Waals surface area contributed by atoms with Crippen molar-refractivity contribution in [2.45, 2.75) is 6.54 Å². The summed E-state index contributed by atoms with van der Waals surface area (Å²) in [6, 6.07) is 4.62. The van der Waals surface area contributed by atoms with Crippen LogP contribution in [-0.2, 0) is 16.1 Å². The Kier molecular flexibility index (Phi) is 5.90. The Bertz CT molecular complexity index is 388. The molecule has 0 aliphatic rings. The van der Waals surface area contributed by atoms with Crippen LogP contribution in [0.25, 0.3) is 0 Å². The zero-order valence-electron chi connectivity index (χ0n) is 9.21. The molecule has 0 aromatic heterocycles. The first-order valence-electron chi connectivity index (χ1n) is 5.10. The number of hydrogen-bond acceptors (Lipinski definition) is 3. The lowest BCUT2D eigenvalue weighted by Crippen LogP contribution is -2.23. The van der Waals surface area contributed by atoms with Gasteiger partial charge >= 0.3 is 0 Å². The average molecular weight is 261 g/mol. The van der Waals surface area contributed by atoms with E-state index in [1.807, 2.05) is 0 Å². The average Bonchev–Trinajstić information content (AvgIpc) is 2.27. The van der Waals surface area contributed by atoms with Gasteiger partial charge in [-0.25, -0.2) is 4.39 Å². The number of carbonyl (C=O) groups is 1. The molecule has 0 heterocycles. The van der Waals surface area contributed by atoms with Gasteiger partial charge in [-0.1, -0.05) is 17.7 Å². The highest BCUT2D eigenvalue weighted by atomic mass is 35.5. The largest absolute Gasteiger partial charge is 0.370 e. The zero-order chi connectivity index (χ0) is 12.7. The summed E-state index contributed by atoms with van der Waals surface area (Å²) in [5, 5.41) is 3.14. The Morgan fingerprint density at radius 2 is 2.29 bits per heavy atom. The molecule has 94 valence electrons. The van der Waals surface area contributed by atoms with Crippen LogP contribution in [0.5, 0.6) is 0 Å². The quantitative estimate of drug-likeness (QED) is 0.721. The lowest BCUT2D eigenvalue weighted by molar-refractivity contribution is -0.122. The number of nitrogens with one attached hydrogen (secondary N) is 1. The van der Waals surface area contributed by atoms with Crippen molar-refractivity contribution in [3.8, 4) is 0 Å². The molecule has 1 aromatic carbocycles. The van der Waals surface area contributed by atoms with Gasteiger partial charge in [-0.05, 0) is 17.7 Å². The van der Waals surface area contributed by atoms with E-state index in [9.17, 15) is 9.18 Å². The molecule has 1 aromatic rings. The van der Waals surface area contributed by atoms with Crippen molar-refractivity contribution >= 4 is 17.5 Å². The number of amides is 1. The minimum Gasteiger partial charge on any atom is -0.370 e. The standard InChI is InChI=1S/C11H14ClFN2O2/c12-9-2-1-8(5-10(9)13)6-15-3-4-17-7-11(14)16/h1-2,5,15H,3-4,6-7H2,(H2,14,16). The van der Waals surface area contributed by atoms with Crippen molar-refractivity contribution in [3.05, 3.63) is 34.6 Å². The highest BCUT2D eigenvalue weighted by Crippen LogP contribution is 2.15. The molecule has 0 bridgehead atoms. The molecule has 4 nitrogen and oxygen atoms in total. The van der Waals surface area contributed by atoms with E-state index < -0.39 is 11.7 Å². The van der Waals surface area contributed by atoms with Crippen LogP contribution < -0.4 is 11.1 Å². The molecule has 0 saturated heterocycles. The Morgan fingerprint density at radius 3 is 2.94 bits per heavy atom. The fraction of sp³-hybridized carbons (Fsp3) is 0.364. The molecule has 0 radical (unpaired) electrons. The van der Waals surface area contributed by atoms with Crippen molar-refractivity contribution in [2.24, 2.45) is 5.73 Å². The molecule has 6 heteroatoms. The lowest BCUT2D eigenvalue weighted by atomic mass is 10.2. The third kappa shape index (κ3) is 5.63. The van der Waals surface area contributed by atoms with Crippen molar-refractivity contribution in [2.75, 3.05) is 19.8 Å². The summed E-state index contributed by atoms with van der Waals surface area (Å²) in [5.74, 6) is -0.930. The molecular weight excluding hydrogens is 247 g/mol. The third-order valence-corrected chi connectivity index (χ3v) is 2.29. The highest BCUT2D eigenvalue weighted by molar-refractivity contribution is 6.30. The minimum atomic E-state index is -0.496. The number of primary amides is 1. The van der Waals surface area contributed by atoms with Gasteiger partial charge in [0, 0.05) is 13.1 Å². The normalized spacial score (nSPS) is 10.5. The maximum absolute atomic E-state index is 13.1. The predicted molar refractivity (Wildman–Crippen MR) is 63.1 cm³/mol. The summed E-state index contributed by atoms with van der Waals surface area (Å²) in [4.78, 5) is 10.3. The number of ether oxygens (including phenoxy) is 1. The minimum absolute atomic E-state index is 0.0861. The molecule has 3 N–H and O–H groups in total. The Hall–Kier alpha value is -1.17. The predicted octanol–water partition coefficient (Wildman–Crippen LogP) is 1.07. The van der Waals surface area contributed by atoms with Gasteiger partial charge in [0.05, 0.1) is 11.6 Å². The lowest BCUT2D eigenvalue weighted by Gasteiger charge is -2.05. The first-order chi connectivity index (χ1) is 8.09. The summed E-state index contributed by atoms with van der Waals surface area (Å²) >= 11 is 5.55. The van der Waals surface area contributed by atoms with Crippen LogP contribution in [0.4, 0.5) is 4.39 Å². The van der Waals surface area contributed by atoms with E-state index in [0.29, 0.717) is 19.7 Å². The van der Waals surface area contributed by atoms with E-state index in [1.165, 1.54) is 12.1 Å². The monoisotopic (exact) mass is 260 g/mol. The van der Waals surface area contributed by atoms with E-state index in [-0.39, 0.29) is 11.6 Å². The van der Waals surface area contributed by atoms with Crippen LogP contribution in [0.3, 0.4) is 0 Å². The fourth-order valence-electron chi connectivity index (χ4n) is 1.20. The summed E-state index contributed by atoms with van der Waals surface area (Å²) in [6.45, 7) is 1.35. The van der Waals surface area contributed by atoms with Crippen molar-refractivity contribution in [1.82, 2.24) is 5.32 Å². The van der Waals surface area contributed by atoms with Crippen LogP contribution in [0.1, 0.15) is 5.56 Å². The molecule has 0 aliphatic heterocycles. The number of halogens is 2. The van der Waals surface area contributed by atoms with E-state index in [4.69, 9.17) is 22.1 Å². The maximum atomic E-state index is 13.1. The molecule has 17 heavy (non-hydrogen) atoms. The van der Waals surface area contributed by atoms with Crippen LogP contribution in [-0.4, -0.2) is 25.7 Å². The number of rotatable bonds is 7. The van der Waals surface area contributed by atoms with Gasteiger partial charge in [0.2, 0.25) is 5.91 Å². The molecule has 0 saturated carbocycles. The van der Waals surface area contributed by atoms with Gasteiger partial charge in [0.25, 0.3) is 0 Å². The number of hydrogen-bond donors (Lipinski definition) is 2. The van der Waals surface area contributed by atoms with Crippen molar-refractivity contribution in [1.29, 1.82) is 0 Å². The molecule has 1 amide bonds. The summed E-state index contributed by atoms with van der Waals surface area (Å²) < 4.78 is 18.0. The first kappa shape index (κ1) is 13.9. The summed E-state index contributed by atoms with van der Waals surface area (Å²) in [7, 11) is 0. The molecule has 0 aliphatic carbocycles. The topological polar surface area (TPSA) is 64.4 Å². The van der Waals surface area contributed by atoms with Crippen LogP contribution in [0.15, 0.2) is 18.2 Å². The second kappa shape index (κ2) is 7.21. The van der Waals surface area contributed by atoms with E-state index in [2.05, 4.69) is 5.32 Å². The van der Waals surface area contributed by atoms with E-state index in [1.54, 1.807) is 6.07 Å². The molecular formula is C11H14ClFN2O2. The van der Waals surface area contributed by atoms with Crippen LogP contribution >= 0.6 is 11.6 Å². The third-order valence-electron chi connectivity index (χ3n) is 1.98. The Balaban J connectivity index is 2.18. The molecule has 0 unspecified atom stereocenters. The van der Waals surface area contributed by atoms with Gasteiger partial charge in [0.1, 0.15) is 12.4 Å². The second-order valence-electron chi connectivity index (χ2n) is 3.44. The summed E-state index contributed by atoms with van der Waals surface area (Å²) in [5.41, 5.74) is 5.68. The van der Waals surface area contributed by atoms with Gasteiger partial charge in [-0.3, -0.25) is 4.79 Å². The molecule has 0 atom stereocenters. The molecule has 0 spiro atoms. The van der Waals surface area contributed by atoms with Gasteiger partial charge < -0.3 is 15.8 Å². The second-order valence-corrected chi connectivity index (χ2v) is 3.85. The maximum Gasteiger partial charge on any atom is 0.243 e. The number of carbonyl (C=O) groups excluding carboxylic acids is 1. The van der Waals surface area contributed by atoms with Crippen molar-refractivity contribution < 1.29 is 13.9 Å².